The number of rotatable bonds is 4. The number of nitrogens with one attached hydrogen (secondary N) is 1. The van der Waals surface area contributed by atoms with Crippen LogP contribution in [0.25, 0.3) is 0 Å². The lowest BCUT2D eigenvalue weighted by Crippen LogP contribution is -2.55. The summed E-state index contributed by atoms with van der Waals surface area (Å²) in [7, 11) is 1.31. The molecule has 0 aliphatic carbocycles. The van der Waals surface area contributed by atoms with E-state index in [1.807, 2.05) is 38.1 Å². The first-order valence-electron chi connectivity index (χ1n) is 8.69. The first-order valence-corrected chi connectivity index (χ1v) is 8.69. The topological polar surface area (TPSA) is 75.7 Å². The Morgan fingerprint density at radius 2 is 1.84 bits per heavy atom. The van der Waals surface area contributed by atoms with Gasteiger partial charge in [-0.2, -0.15) is 0 Å². The third-order valence-corrected chi connectivity index (χ3v) is 5.61. The number of likely N-dealkylation sites (tertiary alicyclic amines) is 1. The summed E-state index contributed by atoms with van der Waals surface area (Å²) in [6.45, 7) is 5.91. The molecule has 25 heavy (non-hydrogen) atoms. The van der Waals surface area contributed by atoms with E-state index in [4.69, 9.17) is 4.74 Å². The average molecular weight is 344 g/mol. The number of esters is 1. The maximum absolute atomic E-state index is 12.9. The van der Waals surface area contributed by atoms with Gasteiger partial charge in [0.2, 0.25) is 11.8 Å². The van der Waals surface area contributed by atoms with Crippen molar-refractivity contribution in [3.8, 4) is 0 Å². The Kier molecular flexibility index (Phi) is 4.41. The van der Waals surface area contributed by atoms with E-state index in [1.54, 1.807) is 6.92 Å². The number of carbonyl (C=O) groups is 3. The van der Waals surface area contributed by atoms with Gasteiger partial charge in [0.25, 0.3) is 0 Å². The van der Waals surface area contributed by atoms with Crippen molar-refractivity contribution in [1.29, 1.82) is 0 Å². The lowest BCUT2D eigenvalue weighted by molar-refractivity contribution is -0.154. The minimum atomic E-state index is -1.17. The number of benzene rings is 1. The Labute approximate surface area is 147 Å². The van der Waals surface area contributed by atoms with Gasteiger partial charge < -0.3 is 4.74 Å². The van der Waals surface area contributed by atoms with E-state index in [-0.39, 0.29) is 11.8 Å². The highest BCUT2D eigenvalue weighted by atomic mass is 16.5. The van der Waals surface area contributed by atoms with Crippen molar-refractivity contribution in [3.63, 3.8) is 0 Å². The summed E-state index contributed by atoms with van der Waals surface area (Å²) in [4.78, 5) is 39.7. The molecule has 2 aliphatic heterocycles. The molecule has 2 heterocycles. The summed E-state index contributed by atoms with van der Waals surface area (Å²) in [5.41, 5.74) is 0.835. The van der Waals surface area contributed by atoms with Crippen LogP contribution in [-0.2, 0) is 19.1 Å². The second-order valence-corrected chi connectivity index (χ2v) is 6.77. The van der Waals surface area contributed by atoms with Crippen LogP contribution in [0.1, 0.15) is 37.4 Å². The monoisotopic (exact) mass is 344 g/mol. The highest BCUT2D eigenvalue weighted by molar-refractivity contribution is 6.09. The van der Waals surface area contributed by atoms with Crippen molar-refractivity contribution in [2.24, 2.45) is 11.8 Å². The highest BCUT2D eigenvalue weighted by Crippen LogP contribution is 2.50. The van der Waals surface area contributed by atoms with Crippen molar-refractivity contribution in [2.45, 2.75) is 38.8 Å². The smallest absolute Gasteiger partial charge is 0.326 e. The molecular weight excluding hydrogens is 320 g/mol. The molecule has 6 nitrogen and oxygen atoms in total. The zero-order valence-electron chi connectivity index (χ0n) is 15.0. The summed E-state index contributed by atoms with van der Waals surface area (Å²) >= 11 is 0. The number of carbonyl (C=O) groups excluding carboxylic acids is 3. The van der Waals surface area contributed by atoms with Crippen LogP contribution < -0.4 is 5.32 Å². The van der Waals surface area contributed by atoms with Gasteiger partial charge in [-0.15, -0.1) is 0 Å². The van der Waals surface area contributed by atoms with Gasteiger partial charge in [0, 0.05) is 12.6 Å². The number of ether oxygens (including phenoxy) is 1. The molecule has 0 radical (unpaired) electrons. The van der Waals surface area contributed by atoms with Gasteiger partial charge in [-0.25, -0.2) is 0 Å². The average Bonchev–Trinajstić information content (AvgIpc) is 3.10. The number of aryl methyl sites for hydroxylation is 1. The fourth-order valence-corrected chi connectivity index (χ4v) is 4.27. The Morgan fingerprint density at radius 3 is 2.36 bits per heavy atom. The Balaban J connectivity index is 2.13. The van der Waals surface area contributed by atoms with Crippen LogP contribution in [0.4, 0.5) is 0 Å². The van der Waals surface area contributed by atoms with E-state index in [1.165, 1.54) is 12.0 Å². The van der Waals surface area contributed by atoms with Crippen LogP contribution in [0.5, 0.6) is 0 Å². The summed E-state index contributed by atoms with van der Waals surface area (Å²) in [6.07, 6.45) is 0.375. The van der Waals surface area contributed by atoms with Gasteiger partial charge in [-0.05, 0) is 25.8 Å². The number of nitrogens with zero attached hydrogens (tertiary/aromatic N) is 1. The van der Waals surface area contributed by atoms with Gasteiger partial charge in [0.15, 0.2) is 0 Å². The summed E-state index contributed by atoms with van der Waals surface area (Å²) in [5, 5.41) is 3.31. The van der Waals surface area contributed by atoms with Crippen molar-refractivity contribution >= 4 is 17.8 Å². The predicted molar refractivity (Wildman–Crippen MR) is 91.5 cm³/mol. The second-order valence-electron chi connectivity index (χ2n) is 6.77. The quantitative estimate of drug-likeness (QED) is 0.663. The standard InChI is InChI=1S/C19H24N2O4/c1-5-19(18(24)25-4)14-13(16(22)21(6-2)17(14)23)15(20-19)12-9-7-11(3)8-10-12/h7-10,13-15,20H,5-6H2,1-4H3/t13-,14-,15-,19+/m0/s1. The van der Waals surface area contributed by atoms with E-state index < -0.39 is 29.4 Å². The SMILES string of the molecule is CCN1C(=O)[C@H]2[C@@H](C1=O)[C@](CC)(C(=O)OC)N[C@H]2c1ccc(C)cc1. The van der Waals surface area contributed by atoms with Gasteiger partial charge in [0.05, 0.1) is 18.9 Å². The molecule has 6 heteroatoms. The third kappa shape index (κ3) is 2.39. The van der Waals surface area contributed by atoms with Crippen LogP contribution in [0.15, 0.2) is 24.3 Å². The third-order valence-electron chi connectivity index (χ3n) is 5.61. The first-order chi connectivity index (χ1) is 11.9. The Bertz CT molecular complexity index is 715. The molecule has 0 aromatic heterocycles. The molecule has 2 fully saturated rings. The predicted octanol–water partition coefficient (Wildman–Crippen LogP) is 1.58. The zero-order chi connectivity index (χ0) is 18.4. The maximum Gasteiger partial charge on any atom is 0.326 e. The molecule has 1 aromatic carbocycles. The molecule has 134 valence electrons. The molecule has 0 spiro atoms. The van der Waals surface area contributed by atoms with Crippen molar-refractivity contribution in [2.75, 3.05) is 13.7 Å². The molecule has 2 saturated heterocycles. The molecule has 1 N–H and O–H groups in total. The molecule has 3 rings (SSSR count). The Hall–Kier alpha value is -2.21. The van der Waals surface area contributed by atoms with E-state index in [9.17, 15) is 14.4 Å². The molecule has 0 saturated carbocycles. The minimum absolute atomic E-state index is 0.213. The zero-order valence-corrected chi connectivity index (χ0v) is 15.0. The lowest BCUT2D eigenvalue weighted by Gasteiger charge is -2.31. The summed E-state index contributed by atoms with van der Waals surface area (Å²) < 4.78 is 5.01. The molecule has 4 atom stereocenters. The van der Waals surface area contributed by atoms with Gasteiger partial charge in [-0.1, -0.05) is 36.8 Å². The molecule has 2 aliphatic rings. The maximum atomic E-state index is 12.9. The first kappa shape index (κ1) is 17.6. The molecule has 0 bridgehead atoms. The van der Waals surface area contributed by atoms with Gasteiger partial charge in [0.1, 0.15) is 5.54 Å². The number of hydrogen-bond acceptors (Lipinski definition) is 5. The van der Waals surface area contributed by atoms with Crippen LogP contribution in [0.2, 0.25) is 0 Å². The summed E-state index contributed by atoms with van der Waals surface area (Å²) in [5.74, 6) is -2.31. The van der Waals surface area contributed by atoms with Crippen LogP contribution in [0, 0.1) is 18.8 Å². The van der Waals surface area contributed by atoms with Crippen LogP contribution in [0.3, 0.4) is 0 Å². The number of hydrogen-bond donors (Lipinski definition) is 1. The second kappa shape index (κ2) is 6.26. The van der Waals surface area contributed by atoms with Crippen molar-refractivity contribution in [1.82, 2.24) is 10.2 Å². The van der Waals surface area contributed by atoms with Gasteiger partial charge >= 0.3 is 5.97 Å². The van der Waals surface area contributed by atoms with E-state index in [2.05, 4.69) is 5.32 Å². The van der Waals surface area contributed by atoms with Gasteiger partial charge in [-0.3, -0.25) is 24.6 Å². The van der Waals surface area contributed by atoms with Crippen molar-refractivity contribution < 1.29 is 19.1 Å². The number of amides is 2. The highest BCUT2D eigenvalue weighted by Gasteiger charge is 2.67. The van der Waals surface area contributed by atoms with E-state index in [0.29, 0.717) is 13.0 Å². The number of methoxy groups -OCH3 is 1. The number of fused-ring (bicyclic) bond motifs is 1. The molecule has 1 aromatic rings. The Morgan fingerprint density at radius 1 is 1.20 bits per heavy atom. The fourth-order valence-electron chi connectivity index (χ4n) is 4.27. The van der Waals surface area contributed by atoms with Crippen LogP contribution in [-0.4, -0.2) is 41.9 Å². The minimum Gasteiger partial charge on any atom is -0.468 e. The van der Waals surface area contributed by atoms with Crippen molar-refractivity contribution in [3.05, 3.63) is 35.4 Å². The molecular formula is C19H24N2O4. The molecule has 0 unspecified atom stereocenters. The van der Waals surface area contributed by atoms with Crippen LogP contribution >= 0.6 is 0 Å². The summed E-state index contributed by atoms with van der Waals surface area (Å²) in [6, 6.07) is 7.43. The molecule has 2 amide bonds. The number of imide groups is 1. The van der Waals surface area contributed by atoms with E-state index >= 15 is 0 Å². The largest absolute Gasteiger partial charge is 0.468 e. The normalized spacial score (nSPS) is 31.4. The lowest BCUT2D eigenvalue weighted by atomic mass is 9.78. The van der Waals surface area contributed by atoms with E-state index in [0.717, 1.165) is 11.1 Å². The fraction of sp³-hybridized carbons (Fsp3) is 0.526.